The Hall–Kier alpha value is -4.06. The number of rotatable bonds is 2. The minimum atomic E-state index is -0.262. The molecule has 6 rings (SSSR count). The molecule has 0 aliphatic carbocycles. The Kier molecular flexibility index (Phi) is 3.49. The zero-order valence-electron chi connectivity index (χ0n) is 16.1. The number of aromatic nitrogens is 5. The van der Waals surface area contributed by atoms with Crippen molar-refractivity contribution in [2.45, 2.75) is 6.92 Å². The van der Waals surface area contributed by atoms with Gasteiger partial charge in [-0.15, -0.1) is 0 Å². The summed E-state index contributed by atoms with van der Waals surface area (Å²) in [5.74, 6) is 0.564. The average molecular weight is 393 g/mol. The van der Waals surface area contributed by atoms with Gasteiger partial charge in [-0.25, -0.2) is 14.4 Å². The van der Waals surface area contributed by atoms with E-state index in [9.17, 15) is 4.39 Å². The normalized spacial score (nSPS) is 11.7. The van der Waals surface area contributed by atoms with Crippen molar-refractivity contribution in [1.82, 2.24) is 24.5 Å². The molecular weight excluding hydrogens is 377 g/mol. The summed E-state index contributed by atoms with van der Waals surface area (Å²) >= 11 is 0. The molecule has 4 heterocycles. The second-order valence-electron chi connectivity index (χ2n) is 7.33. The SMILES string of the molecule is Cc1nc2cnc3ccc(-c4cnc5[nH]ccc5c4)cc3c2n1-c1ccc(F)cc1. The number of aryl methyl sites for hydroxylation is 1. The smallest absolute Gasteiger partial charge is 0.137 e. The van der Waals surface area contributed by atoms with Crippen LogP contribution in [0.3, 0.4) is 0 Å². The van der Waals surface area contributed by atoms with Crippen molar-refractivity contribution < 1.29 is 4.39 Å². The average Bonchev–Trinajstić information content (AvgIpc) is 3.37. The highest BCUT2D eigenvalue weighted by atomic mass is 19.1. The summed E-state index contributed by atoms with van der Waals surface area (Å²) in [6, 6.07) is 16.8. The van der Waals surface area contributed by atoms with E-state index in [1.165, 1.54) is 12.1 Å². The third kappa shape index (κ3) is 2.50. The highest BCUT2D eigenvalue weighted by Gasteiger charge is 2.14. The number of H-pyrrole nitrogens is 1. The molecule has 4 aromatic heterocycles. The maximum Gasteiger partial charge on any atom is 0.137 e. The van der Waals surface area contributed by atoms with Crippen LogP contribution in [0.25, 0.3) is 49.8 Å². The van der Waals surface area contributed by atoms with Crippen LogP contribution in [0.4, 0.5) is 4.39 Å². The van der Waals surface area contributed by atoms with Crippen LogP contribution in [0.1, 0.15) is 5.82 Å². The van der Waals surface area contributed by atoms with E-state index >= 15 is 0 Å². The van der Waals surface area contributed by atoms with Crippen LogP contribution in [0.15, 0.2) is 73.2 Å². The van der Waals surface area contributed by atoms with Crippen LogP contribution >= 0.6 is 0 Å². The van der Waals surface area contributed by atoms with E-state index in [2.05, 4.69) is 42.7 Å². The van der Waals surface area contributed by atoms with Gasteiger partial charge >= 0.3 is 0 Å². The van der Waals surface area contributed by atoms with Crippen LogP contribution < -0.4 is 0 Å². The van der Waals surface area contributed by atoms with E-state index in [-0.39, 0.29) is 5.82 Å². The molecule has 0 fully saturated rings. The van der Waals surface area contributed by atoms with Gasteiger partial charge in [0.15, 0.2) is 0 Å². The van der Waals surface area contributed by atoms with Gasteiger partial charge in [0, 0.05) is 34.4 Å². The van der Waals surface area contributed by atoms with Gasteiger partial charge in [-0.2, -0.15) is 0 Å². The Bertz CT molecular complexity index is 1560. The number of halogens is 1. The third-order valence-electron chi connectivity index (χ3n) is 5.47. The fraction of sp³-hybridized carbons (Fsp3) is 0.0417. The van der Waals surface area contributed by atoms with Gasteiger partial charge in [0.1, 0.15) is 22.8 Å². The van der Waals surface area contributed by atoms with Crippen molar-refractivity contribution in [1.29, 1.82) is 0 Å². The summed E-state index contributed by atoms with van der Waals surface area (Å²) in [5.41, 5.74) is 6.47. The number of imidazole rings is 1. The molecule has 0 spiro atoms. The number of hydrogen-bond acceptors (Lipinski definition) is 3. The first-order valence-corrected chi connectivity index (χ1v) is 9.65. The molecule has 0 radical (unpaired) electrons. The molecule has 1 N–H and O–H groups in total. The Balaban J connectivity index is 1.63. The van der Waals surface area contributed by atoms with Crippen molar-refractivity contribution in [3.63, 3.8) is 0 Å². The Morgan fingerprint density at radius 2 is 1.73 bits per heavy atom. The molecule has 6 aromatic rings. The quantitative estimate of drug-likeness (QED) is 0.419. The lowest BCUT2D eigenvalue weighted by Crippen LogP contribution is -1.97. The second-order valence-corrected chi connectivity index (χ2v) is 7.33. The van der Waals surface area contributed by atoms with E-state index in [4.69, 9.17) is 0 Å². The molecule has 0 saturated carbocycles. The second kappa shape index (κ2) is 6.22. The fourth-order valence-corrected chi connectivity index (χ4v) is 4.05. The van der Waals surface area contributed by atoms with Crippen molar-refractivity contribution in [3.8, 4) is 16.8 Å². The van der Waals surface area contributed by atoms with Crippen LogP contribution in [-0.4, -0.2) is 24.5 Å². The Labute approximate surface area is 170 Å². The van der Waals surface area contributed by atoms with Crippen LogP contribution in [-0.2, 0) is 0 Å². The highest BCUT2D eigenvalue weighted by Crippen LogP contribution is 2.31. The molecular formula is C24H16FN5. The highest BCUT2D eigenvalue weighted by molar-refractivity contribution is 6.04. The molecule has 6 heteroatoms. The van der Waals surface area contributed by atoms with Crippen LogP contribution in [0, 0.1) is 12.7 Å². The van der Waals surface area contributed by atoms with E-state index in [1.54, 1.807) is 18.3 Å². The predicted octanol–water partition coefficient (Wildman–Crippen LogP) is 5.56. The molecule has 0 saturated heterocycles. The van der Waals surface area contributed by atoms with Crippen LogP contribution in [0.5, 0.6) is 0 Å². The minimum absolute atomic E-state index is 0.262. The maximum atomic E-state index is 13.5. The zero-order valence-corrected chi connectivity index (χ0v) is 16.1. The first kappa shape index (κ1) is 16.9. The predicted molar refractivity (Wildman–Crippen MR) is 116 cm³/mol. The minimum Gasteiger partial charge on any atom is -0.346 e. The molecule has 0 aliphatic rings. The molecule has 5 nitrogen and oxygen atoms in total. The van der Waals surface area contributed by atoms with Crippen molar-refractivity contribution >= 4 is 33.0 Å². The fourth-order valence-electron chi connectivity index (χ4n) is 4.05. The molecule has 0 atom stereocenters. The topological polar surface area (TPSA) is 59.4 Å². The van der Waals surface area contributed by atoms with E-state index < -0.39 is 0 Å². The van der Waals surface area contributed by atoms with Crippen molar-refractivity contribution in [2.24, 2.45) is 0 Å². The van der Waals surface area contributed by atoms with Gasteiger partial charge in [-0.3, -0.25) is 9.55 Å². The monoisotopic (exact) mass is 393 g/mol. The summed E-state index contributed by atoms with van der Waals surface area (Å²) in [5, 5.41) is 2.06. The molecule has 0 bridgehead atoms. The van der Waals surface area contributed by atoms with E-state index in [0.29, 0.717) is 0 Å². The summed E-state index contributed by atoms with van der Waals surface area (Å²) in [6.07, 6.45) is 5.55. The number of benzene rings is 2. The number of nitrogens with zero attached hydrogens (tertiary/aromatic N) is 4. The lowest BCUT2D eigenvalue weighted by molar-refractivity contribution is 0.627. The van der Waals surface area contributed by atoms with Gasteiger partial charge in [-0.05, 0) is 61.0 Å². The van der Waals surface area contributed by atoms with Gasteiger partial charge in [-0.1, -0.05) is 6.07 Å². The van der Waals surface area contributed by atoms with E-state index in [1.807, 2.05) is 31.5 Å². The number of aromatic amines is 1. The molecule has 144 valence electrons. The number of hydrogen-bond donors (Lipinski definition) is 1. The lowest BCUT2D eigenvalue weighted by atomic mass is 10.0. The summed E-state index contributed by atoms with van der Waals surface area (Å²) in [6.45, 7) is 1.95. The molecule has 30 heavy (non-hydrogen) atoms. The summed E-state index contributed by atoms with van der Waals surface area (Å²) < 4.78 is 15.5. The zero-order chi connectivity index (χ0) is 20.2. The van der Waals surface area contributed by atoms with Gasteiger partial charge in [0.05, 0.1) is 17.2 Å². The number of fused-ring (bicyclic) bond motifs is 4. The summed E-state index contributed by atoms with van der Waals surface area (Å²) in [7, 11) is 0. The molecule has 0 aliphatic heterocycles. The van der Waals surface area contributed by atoms with Gasteiger partial charge in [0.25, 0.3) is 0 Å². The third-order valence-corrected chi connectivity index (χ3v) is 5.47. The molecule has 0 amide bonds. The van der Waals surface area contributed by atoms with Gasteiger partial charge < -0.3 is 4.98 Å². The first-order valence-electron chi connectivity index (χ1n) is 9.65. The van der Waals surface area contributed by atoms with E-state index in [0.717, 1.165) is 55.6 Å². The first-order chi connectivity index (χ1) is 14.7. The van der Waals surface area contributed by atoms with Crippen molar-refractivity contribution in [3.05, 3.63) is 84.8 Å². The number of pyridine rings is 2. The van der Waals surface area contributed by atoms with Gasteiger partial charge in [0.2, 0.25) is 0 Å². The van der Waals surface area contributed by atoms with Crippen LogP contribution in [0.2, 0.25) is 0 Å². The number of nitrogens with one attached hydrogen (secondary N) is 1. The summed E-state index contributed by atoms with van der Waals surface area (Å²) in [4.78, 5) is 16.9. The maximum absolute atomic E-state index is 13.5. The molecule has 2 aromatic carbocycles. The Morgan fingerprint density at radius 1 is 0.867 bits per heavy atom. The lowest BCUT2D eigenvalue weighted by Gasteiger charge is -2.10. The largest absolute Gasteiger partial charge is 0.346 e. The molecule has 0 unspecified atom stereocenters. The van der Waals surface area contributed by atoms with Crippen molar-refractivity contribution in [2.75, 3.05) is 0 Å². The standard InChI is InChI=1S/C24H16FN5/c1-14-29-22-13-27-21-7-2-15(17-10-16-8-9-26-24(16)28-12-17)11-20(21)23(22)30(14)19-5-3-18(25)4-6-19/h2-13H,1H3,(H,26,28). The Morgan fingerprint density at radius 3 is 2.60 bits per heavy atom.